The van der Waals surface area contributed by atoms with E-state index in [0.29, 0.717) is 11.4 Å². The van der Waals surface area contributed by atoms with Gasteiger partial charge in [-0.3, -0.25) is 9.00 Å². The largest absolute Gasteiger partial charge is 0.496 e. The summed E-state index contributed by atoms with van der Waals surface area (Å²) in [6, 6.07) is 13.0. The predicted molar refractivity (Wildman–Crippen MR) is 91.7 cm³/mol. The molecule has 0 unspecified atom stereocenters. The van der Waals surface area contributed by atoms with Crippen LogP contribution in [0.1, 0.15) is 15.9 Å². The first-order valence-corrected chi connectivity index (χ1v) is 8.58. The van der Waals surface area contributed by atoms with Crippen molar-refractivity contribution in [2.45, 2.75) is 5.75 Å². The van der Waals surface area contributed by atoms with E-state index in [1.807, 2.05) is 12.1 Å². The van der Waals surface area contributed by atoms with E-state index in [9.17, 15) is 13.8 Å². The number of carbonyl (C=O) groups excluding carboxylic acids is 1. The van der Waals surface area contributed by atoms with Gasteiger partial charge in [0.15, 0.2) is 0 Å². The standard InChI is InChI=1S/C17H17NO5S/c1-23-15-5-3-2-4-13(15)10-24(22)11-16(19)18-14-8-6-12(7-9-14)17(20)21/h2-9H,10-11H2,1H3,(H,18,19)(H,20,21)/t24-/m0/s1. The van der Waals surface area contributed by atoms with Crippen LogP contribution in [0.25, 0.3) is 0 Å². The molecule has 0 aliphatic carbocycles. The summed E-state index contributed by atoms with van der Waals surface area (Å²) in [5.41, 5.74) is 1.36. The normalized spacial score (nSPS) is 11.5. The molecule has 1 amide bonds. The van der Waals surface area contributed by atoms with Gasteiger partial charge in [-0.15, -0.1) is 0 Å². The molecule has 0 fully saturated rings. The van der Waals surface area contributed by atoms with E-state index >= 15 is 0 Å². The topological polar surface area (TPSA) is 92.7 Å². The molecule has 2 aromatic rings. The number of rotatable bonds is 7. The van der Waals surface area contributed by atoms with Crippen molar-refractivity contribution in [2.24, 2.45) is 0 Å². The summed E-state index contributed by atoms with van der Waals surface area (Å²) in [4.78, 5) is 22.7. The molecule has 7 heteroatoms. The Kier molecular flexibility index (Phi) is 6.08. The van der Waals surface area contributed by atoms with Crippen molar-refractivity contribution in [3.05, 3.63) is 59.7 Å². The van der Waals surface area contributed by atoms with E-state index in [4.69, 9.17) is 9.84 Å². The Morgan fingerprint density at radius 3 is 2.42 bits per heavy atom. The van der Waals surface area contributed by atoms with Gasteiger partial charge in [-0.05, 0) is 30.3 Å². The first kappa shape index (κ1) is 17.7. The van der Waals surface area contributed by atoms with Gasteiger partial charge in [-0.2, -0.15) is 0 Å². The van der Waals surface area contributed by atoms with Crippen LogP contribution in [0.5, 0.6) is 5.75 Å². The fourth-order valence-electron chi connectivity index (χ4n) is 2.09. The second kappa shape index (κ2) is 8.26. The molecular formula is C17H17NO5S. The number of hydrogen-bond donors (Lipinski definition) is 2. The van der Waals surface area contributed by atoms with Crippen molar-refractivity contribution in [3.8, 4) is 5.75 Å². The lowest BCUT2D eigenvalue weighted by Crippen LogP contribution is -2.20. The van der Waals surface area contributed by atoms with Gasteiger partial charge in [0.2, 0.25) is 5.91 Å². The zero-order valence-electron chi connectivity index (χ0n) is 13.0. The zero-order valence-corrected chi connectivity index (χ0v) is 13.8. The number of carboxylic acids is 1. The molecule has 0 radical (unpaired) electrons. The molecule has 0 spiro atoms. The number of carboxylic acid groups (broad SMARTS) is 1. The minimum absolute atomic E-state index is 0.132. The van der Waals surface area contributed by atoms with Crippen LogP contribution in [-0.2, 0) is 21.3 Å². The van der Waals surface area contributed by atoms with Crippen molar-refractivity contribution in [2.75, 3.05) is 18.2 Å². The number of nitrogens with one attached hydrogen (secondary N) is 1. The van der Waals surface area contributed by atoms with Gasteiger partial charge in [-0.25, -0.2) is 4.79 Å². The highest BCUT2D eigenvalue weighted by Crippen LogP contribution is 2.19. The minimum atomic E-state index is -1.38. The van der Waals surface area contributed by atoms with E-state index in [1.165, 1.54) is 31.4 Å². The van der Waals surface area contributed by atoms with E-state index in [2.05, 4.69) is 5.32 Å². The first-order valence-electron chi connectivity index (χ1n) is 7.09. The molecule has 2 N–H and O–H groups in total. The van der Waals surface area contributed by atoms with Gasteiger partial charge in [-0.1, -0.05) is 18.2 Å². The molecule has 0 saturated heterocycles. The van der Waals surface area contributed by atoms with Crippen molar-refractivity contribution < 1.29 is 23.6 Å². The second-order valence-electron chi connectivity index (χ2n) is 4.97. The van der Waals surface area contributed by atoms with Gasteiger partial charge in [0.25, 0.3) is 0 Å². The highest BCUT2D eigenvalue weighted by atomic mass is 32.2. The summed E-state index contributed by atoms with van der Waals surface area (Å²) >= 11 is 0. The van der Waals surface area contributed by atoms with Gasteiger partial charge < -0.3 is 15.2 Å². The maximum atomic E-state index is 12.1. The smallest absolute Gasteiger partial charge is 0.335 e. The molecule has 126 valence electrons. The van der Waals surface area contributed by atoms with Gasteiger partial charge in [0.1, 0.15) is 11.5 Å². The fraction of sp³-hybridized carbons (Fsp3) is 0.176. The molecular weight excluding hydrogens is 330 g/mol. The zero-order chi connectivity index (χ0) is 17.5. The van der Waals surface area contributed by atoms with Gasteiger partial charge in [0.05, 0.1) is 18.4 Å². The van der Waals surface area contributed by atoms with Crippen LogP contribution in [0.4, 0.5) is 5.69 Å². The minimum Gasteiger partial charge on any atom is -0.496 e. The van der Waals surface area contributed by atoms with Crippen LogP contribution in [0.2, 0.25) is 0 Å². The lowest BCUT2D eigenvalue weighted by Gasteiger charge is -2.08. The van der Waals surface area contributed by atoms with Crippen molar-refractivity contribution in [1.29, 1.82) is 0 Å². The summed E-state index contributed by atoms with van der Waals surface area (Å²) in [6.45, 7) is 0. The number of hydrogen-bond acceptors (Lipinski definition) is 4. The third kappa shape index (κ3) is 4.92. The summed E-state index contributed by atoms with van der Waals surface area (Å²) in [7, 11) is 0.152. The number of anilines is 1. The molecule has 0 heterocycles. The summed E-state index contributed by atoms with van der Waals surface area (Å²) in [6.07, 6.45) is 0. The number of ether oxygens (including phenoxy) is 1. The average molecular weight is 347 g/mol. The summed E-state index contributed by atoms with van der Waals surface area (Å²) < 4.78 is 17.3. The van der Waals surface area contributed by atoms with Gasteiger partial charge >= 0.3 is 5.97 Å². The maximum absolute atomic E-state index is 12.1. The number of para-hydroxylation sites is 1. The van der Waals surface area contributed by atoms with Crippen LogP contribution >= 0.6 is 0 Å². The Labute approximate surface area is 141 Å². The van der Waals surface area contributed by atoms with Crippen LogP contribution in [0.15, 0.2) is 48.5 Å². The average Bonchev–Trinajstić information content (AvgIpc) is 2.55. The van der Waals surface area contributed by atoms with Crippen LogP contribution in [0, 0.1) is 0 Å². The summed E-state index contributed by atoms with van der Waals surface area (Å²) in [5, 5.41) is 11.4. The lowest BCUT2D eigenvalue weighted by molar-refractivity contribution is -0.113. The van der Waals surface area contributed by atoms with Crippen molar-refractivity contribution >= 4 is 28.4 Å². The highest BCUT2D eigenvalue weighted by Gasteiger charge is 2.12. The van der Waals surface area contributed by atoms with E-state index in [-0.39, 0.29) is 17.1 Å². The Balaban J connectivity index is 1.92. The SMILES string of the molecule is COc1ccccc1C[S@](=O)CC(=O)Nc1ccc(C(=O)O)cc1. The number of benzene rings is 2. The number of amides is 1. The van der Waals surface area contributed by atoms with Gasteiger partial charge in [0, 0.05) is 22.1 Å². The number of methoxy groups -OCH3 is 1. The molecule has 24 heavy (non-hydrogen) atoms. The Morgan fingerprint density at radius 1 is 1.12 bits per heavy atom. The highest BCUT2D eigenvalue weighted by molar-refractivity contribution is 7.85. The molecule has 1 atom stereocenters. The predicted octanol–water partition coefficient (Wildman–Crippen LogP) is 2.28. The Hall–Kier alpha value is -2.67. The van der Waals surface area contributed by atoms with Crippen LogP contribution < -0.4 is 10.1 Å². The second-order valence-corrected chi connectivity index (χ2v) is 6.43. The molecule has 6 nitrogen and oxygen atoms in total. The molecule has 2 rings (SSSR count). The fourth-order valence-corrected chi connectivity index (χ4v) is 3.14. The quantitative estimate of drug-likeness (QED) is 0.801. The molecule has 0 saturated carbocycles. The Morgan fingerprint density at radius 2 is 1.79 bits per heavy atom. The number of aromatic carboxylic acids is 1. The molecule has 0 aromatic heterocycles. The summed E-state index contributed by atoms with van der Waals surface area (Å²) in [5.74, 6) is -0.735. The molecule has 0 bridgehead atoms. The van der Waals surface area contributed by atoms with E-state index in [0.717, 1.165) is 5.56 Å². The number of carbonyl (C=O) groups is 2. The van der Waals surface area contributed by atoms with E-state index < -0.39 is 22.7 Å². The van der Waals surface area contributed by atoms with Crippen molar-refractivity contribution in [3.63, 3.8) is 0 Å². The van der Waals surface area contributed by atoms with Crippen molar-refractivity contribution in [1.82, 2.24) is 0 Å². The maximum Gasteiger partial charge on any atom is 0.335 e. The molecule has 0 aliphatic rings. The van der Waals surface area contributed by atoms with E-state index in [1.54, 1.807) is 12.1 Å². The lowest BCUT2D eigenvalue weighted by atomic mass is 10.2. The third-order valence-corrected chi connectivity index (χ3v) is 4.43. The Bertz CT molecular complexity index is 758. The molecule has 2 aromatic carbocycles. The first-order chi connectivity index (χ1) is 11.5. The monoisotopic (exact) mass is 347 g/mol. The van der Waals surface area contributed by atoms with Crippen LogP contribution in [-0.4, -0.2) is 34.1 Å². The molecule has 0 aliphatic heterocycles. The third-order valence-electron chi connectivity index (χ3n) is 3.22. The van der Waals surface area contributed by atoms with Crippen LogP contribution in [0.3, 0.4) is 0 Å².